The summed E-state index contributed by atoms with van der Waals surface area (Å²) in [6, 6.07) is 4.98. The van der Waals surface area contributed by atoms with Crippen LogP contribution < -0.4 is 10.8 Å². The van der Waals surface area contributed by atoms with Crippen molar-refractivity contribution in [2.45, 2.75) is 13.8 Å². The zero-order chi connectivity index (χ0) is 11.8. The predicted octanol–water partition coefficient (Wildman–Crippen LogP) is 1.33. The number of carbonyl (C=O) groups excluding carboxylic acids is 1. The molecule has 0 saturated heterocycles. The Hall–Kier alpha value is -1.45. The summed E-state index contributed by atoms with van der Waals surface area (Å²) in [4.78, 5) is 11.2. The van der Waals surface area contributed by atoms with Crippen molar-refractivity contribution in [1.82, 2.24) is 0 Å². The number of hydrogen-bond donors (Lipinski definition) is 1. The van der Waals surface area contributed by atoms with Crippen LogP contribution in [0.3, 0.4) is 0 Å². The van der Waals surface area contributed by atoms with E-state index in [1.807, 2.05) is 13.8 Å². The second-order valence-corrected chi connectivity index (χ2v) is 2.55. The molecule has 0 aromatic heterocycles. The van der Waals surface area contributed by atoms with E-state index < -0.39 is 0 Å². The van der Waals surface area contributed by atoms with E-state index in [-0.39, 0.29) is 5.97 Å². The van der Waals surface area contributed by atoms with E-state index in [2.05, 4.69) is 10.1 Å². The smallest absolute Gasteiger partial charge is 0.339 e. The molecule has 2 radical (unpaired) electrons. The highest BCUT2D eigenvalue weighted by Gasteiger charge is 2.09. The summed E-state index contributed by atoms with van der Waals surface area (Å²) in [5.41, 5.74) is 1.77. The molecule has 0 aliphatic carbocycles. The van der Waals surface area contributed by atoms with Crippen LogP contribution in [-0.2, 0) is 4.74 Å². The minimum Gasteiger partial charge on any atom is -0.465 e. The fourth-order valence-electron chi connectivity index (χ4n) is 1.06. The third-order valence-corrected chi connectivity index (χ3v) is 1.72. The van der Waals surface area contributed by atoms with Gasteiger partial charge < -0.3 is 10.1 Å². The van der Waals surface area contributed by atoms with Gasteiger partial charge in [0, 0.05) is 12.7 Å². The first-order chi connectivity index (χ1) is 7.19. The molecule has 0 atom stereocenters. The number of benzene rings is 1. The van der Waals surface area contributed by atoms with Gasteiger partial charge in [0.2, 0.25) is 0 Å². The monoisotopic (exact) mass is 205 g/mol. The number of hydrogen-bond acceptors (Lipinski definition) is 3. The fourth-order valence-corrected chi connectivity index (χ4v) is 1.06. The van der Waals surface area contributed by atoms with Crippen molar-refractivity contribution in [3.8, 4) is 0 Å². The summed E-state index contributed by atoms with van der Waals surface area (Å²) in [7, 11) is 8.62. The molecule has 80 valence electrons. The van der Waals surface area contributed by atoms with Crippen LogP contribution in [0.15, 0.2) is 18.2 Å². The normalized spacial score (nSPS) is 8.53. The van der Waals surface area contributed by atoms with Gasteiger partial charge in [0.15, 0.2) is 0 Å². The van der Waals surface area contributed by atoms with Gasteiger partial charge in [0.1, 0.15) is 7.85 Å². The van der Waals surface area contributed by atoms with Crippen LogP contribution in [0.4, 0.5) is 5.69 Å². The van der Waals surface area contributed by atoms with E-state index in [0.717, 1.165) is 0 Å². The summed E-state index contributed by atoms with van der Waals surface area (Å²) in [6.45, 7) is 4.00. The van der Waals surface area contributed by atoms with Crippen LogP contribution >= 0.6 is 0 Å². The van der Waals surface area contributed by atoms with Crippen LogP contribution in [0, 0.1) is 0 Å². The lowest BCUT2D eigenvalue weighted by Crippen LogP contribution is -2.10. The Labute approximate surface area is 92.2 Å². The Morgan fingerprint density at radius 3 is 2.47 bits per heavy atom. The number of nitrogens with one attached hydrogen (secondary N) is 1. The Kier molecular flexibility index (Phi) is 6.26. The molecular formula is C11H16BNO2. The molecule has 4 heteroatoms. The van der Waals surface area contributed by atoms with Gasteiger partial charge in [-0.1, -0.05) is 25.4 Å². The van der Waals surface area contributed by atoms with Crippen LogP contribution in [0.2, 0.25) is 0 Å². The third-order valence-electron chi connectivity index (χ3n) is 1.72. The highest BCUT2D eigenvalue weighted by Crippen LogP contribution is 2.13. The molecule has 0 heterocycles. The Morgan fingerprint density at radius 1 is 1.40 bits per heavy atom. The third kappa shape index (κ3) is 3.66. The first-order valence-corrected chi connectivity index (χ1v) is 4.84. The molecule has 15 heavy (non-hydrogen) atoms. The maximum Gasteiger partial charge on any atom is 0.339 e. The molecule has 3 nitrogen and oxygen atoms in total. The second-order valence-electron chi connectivity index (χ2n) is 2.55. The number of esters is 1. The van der Waals surface area contributed by atoms with Crippen molar-refractivity contribution in [2.75, 3.05) is 19.5 Å². The summed E-state index contributed by atoms with van der Waals surface area (Å²) in [5, 5.41) is 2.87. The molecule has 0 fully saturated rings. The van der Waals surface area contributed by atoms with Gasteiger partial charge in [0.25, 0.3) is 0 Å². The molecule has 0 aliphatic heterocycles. The number of rotatable bonds is 2. The van der Waals surface area contributed by atoms with Gasteiger partial charge in [0.05, 0.1) is 12.7 Å². The van der Waals surface area contributed by atoms with E-state index in [4.69, 9.17) is 7.85 Å². The van der Waals surface area contributed by atoms with Gasteiger partial charge in [-0.2, -0.15) is 0 Å². The SMILES string of the molecule is CC.[B]c1ccc(C(=O)OC)c(NC)c1. The molecule has 0 unspecified atom stereocenters. The van der Waals surface area contributed by atoms with Gasteiger partial charge in [-0.3, -0.25) is 0 Å². The first kappa shape index (κ1) is 13.6. The zero-order valence-electron chi connectivity index (χ0n) is 9.63. The van der Waals surface area contributed by atoms with Crippen molar-refractivity contribution in [3.63, 3.8) is 0 Å². The van der Waals surface area contributed by atoms with Crippen molar-refractivity contribution in [2.24, 2.45) is 0 Å². The molecule has 0 spiro atoms. The van der Waals surface area contributed by atoms with Crippen LogP contribution in [-0.4, -0.2) is 28.0 Å². The summed E-state index contributed by atoms with van der Waals surface area (Å²) in [5.74, 6) is -0.371. The number of anilines is 1. The van der Waals surface area contributed by atoms with Crippen LogP contribution in [0.5, 0.6) is 0 Å². The summed E-state index contributed by atoms with van der Waals surface area (Å²) >= 11 is 0. The molecule has 0 saturated carbocycles. The lowest BCUT2D eigenvalue weighted by Gasteiger charge is -2.07. The molecule has 0 bridgehead atoms. The zero-order valence-corrected chi connectivity index (χ0v) is 9.63. The Bertz CT molecular complexity index is 326. The summed E-state index contributed by atoms with van der Waals surface area (Å²) < 4.78 is 4.60. The molecular weight excluding hydrogens is 189 g/mol. The maximum absolute atomic E-state index is 11.2. The highest BCUT2D eigenvalue weighted by molar-refractivity contribution is 6.32. The molecule has 1 rings (SSSR count). The minimum absolute atomic E-state index is 0.371. The second kappa shape index (κ2) is 6.93. The molecule has 1 aromatic rings. The van der Waals surface area contributed by atoms with Crippen LogP contribution in [0.1, 0.15) is 24.2 Å². The minimum atomic E-state index is -0.371. The van der Waals surface area contributed by atoms with Gasteiger partial charge >= 0.3 is 5.97 Å². The lowest BCUT2D eigenvalue weighted by molar-refractivity contribution is 0.0602. The quantitative estimate of drug-likeness (QED) is 0.584. The average Bonchev–Trinajstić information content (AvgIpc) is 2.30. The van der Waals surface area contributed by atoms with Gasteiger partial charge in [-0.05, 0) is 12.1 Å². The van der Waals surface area contributed by atoms with Gasteiger partial charge in [-0.15, -0.1) is 0 Å². The standard InChI is InChI=1S/C9H10BNO2.C2H6/c1-11-8-5-6(10)3-4-7(8)9(12)13-2;1-2/h3-5,11H,1-2H3;1-2H3. The molecule has 0 amide bonds. The summed E-state index contributed by atoms with van der Waals surface area (Å²) in [6.07, 6.45) is 0. The Morgan fingerprint density at radius 2 is 2.00 bits per heavy atom. The molecule has 1 N–H and O–H groups in total. The largest absolute Gasteiger partial charge is 0.465 e. The van der Waals surface area contributed by atoms with Crippen LogP contribution in [0.25, 0.3) is 0 Å². The fraction of sp³-hybridized carbons (Fsp3) is 0.364. The van der Waals surface area contributed by atoms with E-state index in [1.54, 1.807) is 25.2 Å². The van der Waals surface area contributed by atoms with E-state index in [0.29, 0.717) is 16.7 Å². The van der Waals surface area contributed by atoms with E-state index in [1.165, 1.54) is 7.11 Å². The van der Waals surface area contributed by atoms with Gasteiger partial charge in [-0.25, -0.2) is 4.79 Å². The maximum atomic E-state index is 11.2. The number of ether oxygens (including phenoxy) is 1. The van der Waals surface area contributed by atoms with Crippen molar-refractivity contribution in [1.29, 1.82) is 0 Å². The topological polar surface area (TPSA) is 38.3 Å². The molecule has 1 aromatic carbocycles. The van der Waals surface area contributed by atoms with E-state index >= 15 is 0 Å². The number of methoxy groups -OCH3 is 1. The number of carbonyl (C=O) groups is 1. The Balaban J connectivity index is 0.000000921. The average molecular weight is 205 g/mol. The highest BCUT2D eigenvalue weighted by atomic mass is 16.5. The molecule has 0 aliphatic rings. The lowest BCUT2D eigenvalue weighted by atomic mass is 9.94. The first-order valence-electron chi connectivity index (χ1n) is 4.84. The predicted molar refractivity (Wildman–Crippen MR) is 64.1 cm³/mol. The van der Waals surface area contributed by atoms with Crippen molar-refractivity contribution < 1.29 is 9.53 Å². The van der Waals surface area contributed by atoms with Crippen molar-refractivity contribution >= 4 is 25.0 Å². The van der Waals surface area contributed by atoms with E-state index in [9.17, 15) is 4.79 Å². The van der Waals surface area contributed by atoms with Crippen molar-refractivity contribution in [3.05, 3.63) is 23.8 Å².